The first-order valence-corrected chi connectivity index (χ1v) is 8.30. The molecular weight excluding hydrogens is 336 g/mol. The van der Waals surface area contributed by atoms with E-state index in [1.165, 1.54) is 0 Å². The molecule has 1 atom stereocenters. The van der Waals surface area contributed by atoms with E-state index in [2.05, 4.69) is 20.3 Å². The number of aromatic nitrogens is 3. The molecule has 3 rings (SSSR count). The Morgan fingerprint density at radius 1 is 1.12 bits per heavy atom. The van der Waals surface area contributed by atoms with Gasteiger partial charge in [0, 0.05) is 30.1 Å². The lowest BCUT2D eigenvalue weighted by Gasteiger charge is -2.20. The van der Waals surface area contributed by atoms with Crippen molar-refractivity contribution in [2.75, 3.05) is 12.4 Å². The van der Waals surface area contributed by atoms with Gasteiger partial charge >= 0.3 is 0 Å². The molecule has 2 aromatic heterocycles. The molecule has 3 aromatic rings. The van der Waals surface area contributed by atoms with Crippen molar-refractivity contribution in [2.24, 2.45) is 0 Å². The fourth-order valence-corrected chi connectivity index (χ4v) is 2.81. The van der Waals surface area contributed by atoms with Crippen molar-refractivity contribution in [3.63, 3.8) is 0 Å². The summed E-state index contributed by atoms with van der Waals surface area (Å²) < 4.78 is 5.15. The summed E-state index contributed by atoms with van der Waals surface area (Å²) in [5.74, 6) is 1.35. The molecule has 1 aromatic carbocycles. The Balaban J connectivity index is 1.98. The molecule has 128 valence electrons. The van der Waals surface area contributed by atoms with Crippen LogP contribution in [0.1, 0.15) is 28.8 Å². The molecular formula is C19H19ClN4O. The van der Waals surface area contributed by atoms with Crippen LogP contribution in [0, 0.1) is 6.92 Å². The van der Waals surface area contributed by atoms with Gasteiger partial charge in [-0.1, -0.05) is 29.8 Å². The van der Waals surface area contributed by atoms with Crippen LogP contribution in [0.3, 0.4) is 0 Å². The Kier molecular flexibility index (Phi) is 5.58. The lowest BCUT2D eigenvalue weighted by atomic mass is 10.0. The molecule has 0 radical (unpaired) electrons. The maximum atomic E-state index is 6.18. The van der Waals surface area contributed by atoms with E-state index in [-0.39, 0.29) is 6.04 Å². The van der Waals surface area contributed by atoms with Gasteiger partial charge in [-0.2, -0.15) is 0 Å². The number of aryl methyl sites for hydroxylation is 1. The molecule has 0 aliphatic rings. The van der Waals surface area contributed by atoms with Crippen LogP contribution in [0.2, 0.25) is 5.02 Å². The van der Waals surface area contributed by atoms with Gasteiger partial charge in [0.1, 0.15) is 12.4 Å². The summed E-state index contributed by atoms with van der Waals surface area (Å²) in [6, 6.07) is 15.3. The van der Waals surface area contributed by atoms with E-state index in [0.29, 0.717) is 17.5 Å². The topological polar surface area (TPSA) is 59.9 Å². The zero-order chi connectivity index (χ0) is 17.6. The van der Waals surface area contributed by atoms with Crippen LogP contribution >= 0.6 is 11.6 Å². The molecule has 0 amide bonds. The average Bonchev–Trinajstić information content (AvgIpc) is 2.60. The molecule has 1 unspecified atom stereocenters. The molecule has 0 saturated carbocycles. The molecule has 0 fully saturated rings. The van der Waals surface area contributed by atoms with Crippen LogP contribution in [-0.2, 0) is 11.3 Å². The van der Waals surface area contributed by atoms with E-state index in [9.17, 15) is 0 Å². The Bertz CT molecular complexity index is 842. The lowest BCUT2D eigenvalue weighted by Crippen LogP contribution is -2.16. The third-order valence-electron chi connectivity index (χ3n) is 3.63. The highest BCUT2D eigenvalue weighted by atomic mass is 35.5. The normalized spacial score (nSPS) is 12.0. The van der Waals surface area contributed by atoms with E-state index >= 15 is 0 Å². The number of halogens is 1. The van der Waals surface area contributed by atoms with Crippen LogP contribution in [0.4, 0.5) is 5.82 Å². The SMILES string of the molecule is COCc1nc(C)cc(NC(c2cccc(Cl)c2)c2ccccn2)n1. The van der Waals surface area contributed by atoms with E-state index in [0.717, 1.165) is 22.8 Å². The van der Waals surface area contributed by atoms with Crippen molar-refractivity contribution in [1.82, 2.24) is 15.0 Å². The summed E-state index contributed by atoms with van der Waals surface area (Å²) in [6.45, 7) is 2.29. The van der Waals surface area contributed by atoms with Crippen molar-refractivity contribution in [3.8, 4) is 0 Å². The maximum Gasteiger partial charge on any atom is 0.156 e. The first-order valence-electron chi connectivity index (χ1n) is 7.92. The fraction of sp³-hybridized carbons (Fsp3) is 0.211. The van der Waals surface area contributed by atoms with Crippen molar-refractivity contribution >= 4 is 17.4 Å². The molecule has 0 spiro atoms. The van der Waals surface area contributed by atoms with Crippen LogP contribution in [-0.4, -0.2) is 22.1 Å². The number of methoxy groups -OCH3 is 1. The van der Waals surface area contributed by atoms with E-state index in [1.807, 2.05) is 55.5 Å². The minimum atomic E-state index is -0.176. The highest BCUT2D eigenvalue weighted by molar-refractivity contribution is 6.30. The zero-order valence-electron chi connectivity index (χ0n) is 14.1. The summed E-state index contributed by atoms with van der Waals surface area (Å²) in [4.78, 5) is 13.4. The van der Waals surface area contributed by atoms with Crippen LogP contribution < -0.4 is 5.32 Å². The number of nitrogens with zero attached hydrogens (tertiary/aromatic N) is 3. The second-order valence-electron chi connectivity index (χ2n) is 5.63. The molecule has 0 saturated heterocycles. The van der Waals surface area contributed by atoms with Crippen LogP contribution in [0.25, 0.3) is 0 Å². The second kappa shape index (κ2) is 8.05. The van der Waals surface area contributed by atoms with Crippen molar-refractivity contribution in [2.45, 2.75) is 19.6 Å². The number of nitrogens with one attached hydrogen (secondary N) is 1. The zero-order valence-corrected chi connectivity index (χ0v) is 14.9. The standard InChI is InChI=1S/C19H19ClN4O/c1-13-10-17(23-18(22-13)12-25-2)24-19(16-8-3-4-9-21-16)14-6-5-7-15(20)11-14/h3-11,19H,12H2,1-2H3,(H,22,23,24). The summed E-state index contributed by atoms with van der Waals surface area (Å²) in [6.07, 6.45) is 1.77. The maximum absolute atomic E-state index is 6.18. The van der Waals surface area contributed by atoms with Crippen molar-refractivity contribution in [1.29, 1.82) is 0 Å². The van der Waals surface area contributed by atoms with Gasteiger partial charge in [0.15, 0.2) is 5.82 Å². The molecule has 0 bridgehead atoms. The highest BCUT2D eigenvalue weighted by Crippen LogP contribution is 2.26. The third-order valence-corrected chi connectivity index (χ3v) is 3.87. The van der Waals surface area contributed by atoms with E-state index in [1.54, 1.807) is 13.3 Å². The summed E-state index contributed by atoms with van der Waals surface area (Å²) in [5.41, 5.74) is 2.76. The Morgan fingerprint density at radius 3 is 2.72 bits per heavy atom. The van der Waals surface area contributed by atoms with Crippen LogP contribution in [0.15, 0.2) is 54.7 Å². The van der Waals surface area contributed by atoms with Crippen molar-refractivity contribution in [3.05, 3.63) is 82.5 Å². The molecule has 25 heavy (non-hydrogen) atoms. The minimum Gasteiger partial charge on any atom is -0.377 e. The second-order valence-corrected chi connectivity index (χ2v) is 6.07. The number of hydrogen-bond acceptors (Lipinski definition) is 5. The lowest BCUT2D eigenvalue weighted by molar-refractivity contribution is 0.177. The van der Waals surface area contributed by atoms with E-state index in [4.69, 9.17) is 16.3 Å². The molecule has 2 heterocycles. The number of rotatable bonds is 6. The number of anilines is 1. The molecule has 5 nitrogen and oxygen atoms in total. The minimum absolute atomic E-state index is 0.176. The summed E-state index contributed by atoms with van der Waals surface area (Å²) in [7, 11) is 1.63. The number of ether oxygens (including phenoxy) is 1. The first kappa shape index (κ1) is 17.3. The molecule has 1 N–H and O–H groups in total. The predicted octanol–water partition coefficient (Wildman–Crippen LogP) is 4.18. The van der Waals surface area contributed by atoms with Gasteiger partial charge in [0.25, 0.3) is 0 Å². The quantitative estimate of drug-likeness (QED) is 0.719. The van der Waals surface area contributed by atoms with Crippen molar-refractivity contribution < 1.29 is 4.74 Å². The molecule has 0 aliphatic heterocycles. The number of benzene rings is 1. The largest absolute Gasteiger partial charge is 0.377 e. The Labute approximate surface area is 152 Å². The fourth-order valence-electron chi connectivity index (χ4n) is 2.61. The van der Waals surface area contributed by atoms with Crippen LogP contribution in [0.5, 0.6) is 0 Å². The van der Waals surface area contributed by atoms with E-state index < -0.39 is 0 Å². The molecule has 0 aliphatic carbocycles. The Morgan fingerprint density at radius 2 is 2.00 bits per heavy atom. The molecule has 6 heteroatoms. The number of pyridine rings is 1. The summed E-state index contributed by atoms with van der Waals surface area (Å²) in [5, 5.41) is 4.13. The smallest absolute Gasteiger partial charge is 0.156 e. The van der Waals surface area contributed by atoms with Gasteiger partial charge in [-0.3, -0.25) is 4.98 Å². The average molecular weight is 355 g/mol. The van der Waals surface area contributed by atoms with Gasteiger partial charge in [-0.15, -0.1) is 0 Å². The third kappa shape index (κ3) is 4.53. The number of hydrogen-bond donors (Lipinski definition) is 1. The summed E-state index contributed by atoms with van der Waals surface area (Å²) >= 11 is 6.18. The van der Waals surface area contributed by atoms with Gasteiger partial charge < -0.3 is 10.1 Å². The van der Waals surface area contributed by atoms with Gasteiger partial charge in [0.05, 0.1) is 11.7 Å². The van der Waals surface area contributed by atoms with Gasteiger partial charge in [-0.25, -0.2) is 9.97 Å². The van der Waals surface area contributed by atoms with Gasteiger partial charge in [0.2, 0.25) is 0 Å². The first-order chi connectivity index (χ1) is 12.2. The van der Waals surface area contributed by atoms with Gasteiger partial charge in [-0.05, 0) is 36.8 Å². The monoisotopic (exact) mass is 354 g/mol. The predicted molar refractivity (Wildman–Crippen MR) is 98.6 cm³/mol. The highest BCUT2D eigenvalue weighted by Gasteiger charge is 2.17. The Hall–Kier alpha value is -2.50.